The minimum atomic E-state index is -0.312. The molecule has 1 aromatic heterocycles. The maximum Gasteiger partial charge on any atom is 0.312 e. The molecule has 154 valence electrons. The van der Waals surface area contributed by atoms with Crippen molar-refractivity contribution in [1.82, 2.24) is 4.98 Å². The fraction of sp³-hybridized carbons (Fsp3) is 0.0741. The van der Waals surface area contributed by atoms with Gasteiger partial charge >= 0.3 is 5.97 Å². The van der Waals surface area contributed by atoms with Crippen molar-refractivity contribution in [2.45, 2.75) is 12.3 Å². The number of esters is 1. The highest BCUT2D eigenvalue weighted by atomic mass is 16.5. The van der Waals surface area contributed by atoms with Crippen molar-refractivity contribution < 1.29 is 19.1 Å². The van der Waals surface area contributed by atoms with Gasteiger partial charge in [-0.2, -0.15) is 0 Å². The highest BCUT2D eigenvalue weighted by molar-refractivity contribution is 6.15. The summed E-state index contributed by atoms with van der Waals surface area (Å²) in [7, 11) is 0. The second kappa shape index (κ2) is 7.17. The maximum atomic E-state index is 13.1. The molecule has 6 rings (SSSR count). The number of pyridine rings is 1. The molecule has 0 saturated heterocycles. The van der Waals surface area contributed by atoms with E-state index in [2.05, 4.69) is 4.98 Å². The molecule has 3 aromatic carbocycles. The number of carbonyl (C=O) groups excluding carboxylic acids is 2. The van der Waals surface area contributed by atoms with Crippen molar-refractivity contribution in [2.75, 3.05) is 0 Å². The van der Waals surface area contributed by atoms with E-state index in [-0.39, 0.29) is 29.9 Å². The lowest BCUT2D eigenvalue weighted by Gasteiger charge is -2.27. The Balaban J connectivity index is 1.53. The third-order valence-electron chi connectivity index (χ3n) is 5.94. The van der Waals surface area contributed by atoms with Crippen LogP contribution in [-0.4, -0.2) is 16.7 Å². The van der Waals surface area contributed by atoms with Crippen molar-refractivity contribution in [1.29, 1.82) is 0 Å². The van der Waals surface area contributed by atoms with Crippen LogP contribution >= 0.6 is 0 Å². The topological polar surface area (TPSA) is 65.5 Å². The summed E-state index contributed by atoms with van der Waals surface area (Å²) in [5.74, 6) is 0.357. The van der Waals surface area contributed by atoms with Gasteiger partial charge in [-0.15, -0.1) is 0 Å². The van der Waals surface area contributed by atoms with Crippen LogP contribution in [0.5, 0.6) is 11.5 Å². The van der Waals surface area contributed by atoms with E-state index in [1.165, 1.54) is 0 Å². The largest absolute Gasteiger partial charge is 0.452 e. The smallest absolute Gasteiger partial charge is 0.312 e. The van der Waals surface area contributed by atoms with Gasteiger partial charge in [0.15, 0.2) is 5.76 Å². The van der Waals surface area contributed by atoms with Crippen molar-refractivity contribution in [2.24, 2.45) is 0 Å². The Hall–Kier alpha value is -4.25. The van der Waals surface area contributed by atoms with Gasteiger partial charge in [0.2, 0.25) is 5.78 Å². The molecule has 0 amide bonds. The summed E-state index contributed by atoms with van der Waals surface area (Å²) in [6, 6.07) is 22.7. The summed E-state index contributed by atoms with van der Waals surface area (Å²) < 4.78 is 11.7. The van der Waals surface area contributed by atoms with E-state index in [0.717, 1.165) is 27.6 Å². The number of aromatic nitrogens is 1. The fourth-order valence-corrected chi connectivity index (χ4v) is 4.49. The summed E-state index contributed by atoms with van der Waals surface area (Å²) in [4.78, 5) is 30.0. The van der Waals surface area contributed by atoms with Crippen molar-refractivity contribution >= 4 is 28.7 Å². The first-order chi connectivity index (χ1) is 15.7. The highest BCUT2D eigenvalue weighted by Crippen LogP contribution is 2.49. The lowest BCUT2D eigenvalue weighted by molar-refractivity contribution is -0.135. The van der Waals surface area contributed by atoms with Gasteiger partial charge in [-0.05, 0) is 41.5 Å². The van der Waals surface area contributed by atoms with E-state index in [9.17, 15) is 9.59 Å². The highest BCUT2D eigenvalue weighted by Gasteiger charge is 2.39. The van der Waals surface area contributed by atoms with Crippen LogP contribution < -0.4 is 9.47 Å². The molecule has 32 heavy (non-hydrogen) atoms. The lowest BCUT2D eigenvalue weighted by atomic mass is 9.83. The molecule has 5 heteroatoms. The number of benzene rings is 3. The quantitative estimate of drug-likeness (QED) is 0.251. The number of Topliss-reactive ketones (excluding diaryl/α,β-unsaturated/α-hetero) is 1. The first-order valence-corrected chi connectivity index (χ1v) is 10.4. The number of hydrogen-bond donors (Lipinski definition) is 0. The zero-order chi connectivity index (χ0) is 21.7. The molecule has 0 aliphatic carbocycles. The predicted molar refractivity (Wildman–Crippen MR) is 120 cm³/mol. The average Bonchev–Trinajstić information content (AvgIpc) is 3.14. The van der Waals surface area contributed by atoms with Crippen LogP contribution in [0.4, 0.5) is 0 Å². The molecule has 0 N–H and O–H groups in total. The van der Waals surface area contributed by atoms with E-state index >= 15 is 0 Å². The van der Waals surface area contributed by atoms with Crippen LogP contribution in [-0.2, 0) is 4.79 Å². The van der Waals surface area contributed by atoms with Gasteiger partial charge in [0.05, 0.1) is 17.5 Å². The Kier molecular flexibility index (Phi) is 4.15. The van der Waals surface area contributed by atoms with Gasteiger partial charge in [-0.25, -0.2) is 0 Å². The number of rotatable bonds is 2. The SMILES string of the molecule is O=C1CC(c2ccnc3ccccc23)c2c(ccc3c2O/C(=C/c2ccccc2)C3=O)O1. The Morgan fingerprint density at radius 1 is 0.875 bits per heavy atom. The molecule has 1 atom stereocenters. The summed E-state index contributed by atoms with van der Waals surface area (Å²) in [5.41, 5.74) is 3.88. The average molecular weight is 419 g/mol. The van der Waals surface area contributed by atoms with E-state index in [1.807, 2.05) is 60.7 Å². The third kappa shape index (κ3) is 2.90. The molecular formula is C27H17NO4. The Bertz CT molecular complexity index is 1430. The number of ether oxygens (including phenoxy) is 2. The minimum absolute atomic E-state index is 0.159. The number of ketones is 1. The van der Waals surface area contributed by atoms with Gasteiger partial charge in [0.25, 0.3) is 0 Å². The summed E-state index contributed by atoms with van der Waals surface area (Å²) in [6.45, 7) is 0. The third-order valence-corrected chi connectivity index (χ3v) is 5.94. The monoisotopic (exact) mass is 419 g/mol. The number of carbonyl (C=O) groups is 2. The summed E-state index contributed by atoms with van der Waals surface area (Å²) >= 11 is 0. The van der Waals surface area contributed by atoms with E-state index in [1.54, 1.807) is 24.4 Å². The molecule has 5 nitrogen and oxygen atoms in total. The van der Waals surface area contributed by atoms with Crippen LogP contribution in [0.1, 0.15) is 39.4 Å². The van der Waals surface area contributed by atoms with Crippen LogP contribution in [0.25, 0.3) is 17.0 Å². The number of para-hydroxylation sites is 1. The molecule has 4 aromatic rings. The molecular weight excluding hydrogens is 402 g/mol. The molecule has 3 heterocycles. The summed E-state index contributed by atoms with van der Waals surface area (Å²) in [5, 5.41) is 0.961. The normalized spacial score (nSPS) is 18.2. The molecule has 0 bridgehead atoms. The van der Waals surface area contributed by atoms with Gasteiger partial charge in [-0.1, -0.05) is 48.5 Å². The standard InChI is InChI=1S/C27H17NO4/c29-24-15-20(17-12-13-28-21-9-5-4-8-18(17)21)25-22(31-24)11-10-19-26(30)23(32-27(19)25)14-16-6-2-1-3-7-16/h1-14,20H,15H2/b23-14+. The number of nitrogens with zero attached hydrogens (tertiary/aromatic N) is 1. The van der Waals surface area contributed by atoms with Gasteiger partial charge in [0.1, 0.15) is 11.5 Å². The number of hydrogen-bond acceptors (Lipinski definition) is 5. The van der Waals surface area contributed by atoms with Gasteiger partial charge in [0, 0.05) is 23.1 Å². The van der Waals surface area contributed by atoms with Crippen LogP contribution in [0, 0.1) is 0 Å². The zero-order valence-electron chi connectivity index (χ0n) is 16.9. The fourth-order valence-electron chi connectivity index (χ4n) is 4.49. The second-order valence-corrected chi connectivity index (χ2v) is 7.85. The first kappa shape index (κ1) is 18.5. The molecule has 0 fully saturated rings. The van der Waals surface area contributed by atoms with E-state index < -0.39 is 0 Å². The molecule has 1 unspecified atom stereocenters. The number of allylic oxidation sites excluding steroid dienone is 1. The molecule has 2 aliphatic heterocycles. The minimum Gasteiger partial charge on any atom is -0.452 e. The Labute approximate surface area is 183 Å². The maximum absolute atomic E-state index is 13.1. The van der Waals surface area contributed by atoms with Crippen LogP contribution in [0.3, 0.4) is 0 Å². The Morgan fingerprint density at radius 3 is 2.56 bits per heavy atom. The molecule has 0 radical (unpaired) electrons. The van der Waals surface area contributed by atoms with Crippen molar-refractivity contribution in [3.8, 4) is 11.5 Å². The predicted octanol–water partition coefficient (Wildman–Crippen LogP) is 5.29. The van der Waals surface area contributed by atoms with Gasteiger partial charge < -0.3 is 9.47 Å². The second-order valence-electron chi connectivity index (χ2n) is 7.85. The zero-order valence-corrected chi connectivity index (χ0v) is 16.9. The van der Waals surface area contributed by atoms with Crippen LogP contribution in [0.2, 0.25) is 0 Å². The van der Waals surface area contributed by atoms with Crippen LogP contribution in [0.15, 0.2) is 84.8 Å². The number of fused-ring (bicyclic) bond motifs is 4. The van der Waals surface area contributed by atoms with Crippen molar-refractivity contribution in [3.63, 3.8) is 0 Å². The van der Waals surface area contributed by atoms with Gasteiger partial charge in [-0.3, -0.25) is 14.6 Å². The lowest BCUT2D eigenvalue weighted by Crippen LogP contribution is -2.21. The first-order valence-electron chi connectivity index (χ1n) is 10.4. The summed E-state index contributed by atoms with van der Waals surface area (Å²) in [6.07, 6.45) is 3.64. The van der Waals surface area contributed by atoms with E-state index in [0.29, 0.717) is 17.1 Å². The Morgan fingerprint density at radius 2 is 1.69 bits per heavy atom. The molecule has 2 aliphatic rings. The van der Waals surface area contributed by atoms with Crippen molar-refractivity contribution in [3.05, 3.63) is 107 Å². The molecule has 0 saturated carbocycles. The molecule has 0 spiro atoms. The van der Waals surface area contributed by atoms with E-state index in [4.69, 9.17) is 9.47 Å².